The van der Waals surface area contributed by atoms with Crippen LogP contribution in [0.3, 0.4) is 0 Å². The molecule has 38 heavy (non-hydrogen) atoms. The zero-order valence-corrected chi connectivity index (χ0v) is 24.8. The Labute approximate surface area is 237 Å². The molecule has 1 saturated heterocycles. The molecule has 1 aromatic carbocycles. The second kappa shape index (κ2) is 9.49. The van der Waals surface area contributed by atoms with E-state index in [4.69, 9.17) is 9.47 Å². The molecule has 6 rings (SSSR count). The van der Waals surface area contributed by atoms with Crippen LogP contribution in [0.2, 0.25) is 0 Å². The summed E-state index contributed by atoms with van der Waals surface area (Å²) in [5, 5.41) is 2.02. The number of benzene rings is 1. The van der Waals surface area contributed by atoms with Crippen LogP contribution in [-0.4, -0.2) is 65.6 Å². The summed E-state index contributed by atoms with van der Waals surface area (Å²) in [5.74, 6) is 0.964. The fourth-order valence-corrected chi connectivity index (χ4v) is 9.23. The predicted molar refractivity (Wildman–Crippen MR) is 152 cm³/mol. The number of carbonyl (C=O) groups is 2. The van der Waals surface area contributed by atoms with Gasteiger partial charge in [0.15, 0.2) is 0 Å². The minimum absolute atomic E-state index is 0.00433. The zero-order chi connectivity index (χ0) is 26.8. The molecule has 2 aliphatic heterocycles. The Balaban J connectivity index is 1.45. The number of rotatable bonds is 6. The van der Waals surface area contributed by atoms with Crippen LogP contribution in [0.25, 0.3) is 6.08 Å². The second-order valence-electron chi connectivity index (χ2n) is 11.7. The maximum absolute atomic E-state index is 13.8. The van der Waals surface area contributed by atoms with Gasteiger partial charge >= 0.3 is 5.97 Å². The summed E-state index contributed by atoms with van der Waals surface area (Å²) in [6, 6.07) is 8.33. The van der Waals surface area contributed by atoms with Crippen molar-refractivity contribution in [2.75, 3.05) is 20.1 Å². The van der Waals surface area contributed by atoms with E-state index in [9.17, 15) is 9.59 Å². The van der Waals surface area contributed by atoms with Crippen LogP contribution >= 0.6 is 27.3 Å². The average Bonchev–Trinajstić information content (AvgIpc) is 3.43. The minimum Gasteiger partial charge on any atom is -0.487 e. The third kappa shape index (κ3) is 3.81. The highest BCUT2D eigenvalue weighted by Gasteiger charge is 2.75. The fourth-order valence-electron chi connectivity index (χ4n) is 7.90. The number of likely N-dealkylation sites (N-methyl/N-ethyl adjacent to an activating group) is 1. The monoisotopic (exact) mass is 598 g/mol. The largest absolute Gasteiger partial charge is 0.487 e. The molecule has 6 nitrogen and oxygen atoms in total. The van der Waals surface area contributed by atoms with Gasteiger partial charge in [-0.1, -0.05) is 26.0 Å². The Morgan fingerprint density at radius 2 is 2.16 bits per heavy atom. The summed E-state index contributed by atoms with van der Waals surface area (Å²) in [6.07, 6.45) is 6.45. The quantitative estimate of drug-likeness (QED) is 0.328. The molecule has 1 saturated carbocycles. The molecule has 1 aromatic heterocycles. The smallest absolute Gasteiger partial charge is 0.303 e. The van der Waals surface area contributed by atoms with Crippen molar-refractivity contribution in [1.29, 1.82) is 0 Å². The minimum atomic E-state index is -0.668. The van der Waals surface area contributed by atoms with Crippen LogP contribution in [0.1, 0.15) is 56.0 Å². The Kier molecular flexibility index (Phi) is 6.51. The summed E-state index contributed by atoms with van der Waals surface area (Å²) in [6.45, 7) is 7.38. The van der Waals surface area contributed by atoms with Crippen molar-refractivity contribution in [1.82, 2.24) is 9.80 Å². The van der Waals surface area contributed by atoms with E-state index < -0.39 is 11.0 Å². The molecule has 0 radical (unpaired) electrons. The van der Waals surface area contributed by atoms with Gasteiger partial charge in [-0.15, -0.1) is 11.3 Å². The van der Waals surface area contributed by atoms with E-state index in [0.717, 1.165) is 40.9 Å². The molecule has 5 atom stereocenters. The Hall–Kier alpha value is -2.16. The van der Waals surface area contributed by atoms with Gasteiger partial charge in [-0.05, 0) is 84.9 Å². The van der Waals surface area contributed by atoms with E-state index >= 15 is 0 Å². The molecule has 2 aromatic rings. The number of hydrogen-bond donors (Lipinski definition) is 0. The summed E-state index contributed by atoms with van der Waals surface area (Å²) >= 11 is 5.10. The van der Waals surface area contributed by atoms with E-state index in [0.29, 0.717) is 18.9 Å². The molecule has 0 N–H and O–H groups in total. The number of amides is 1. The van der Waals surface area contributed by atoms with E-state index in [1.165, 1.54) is 18.1 Å². The number of piperidine rings is 1. The number of esters is 1. The maximum Gasteiger partial charge on any atom is 0.303 e. The van der Waals surface area contributed by atoms with Gasteiger partial charge in [-0.2, -0.15) is 0 Å². The molecule has 8 heteroatoms. The van der Waals surface area contributed by atoms with E-state index in [-0.39, 0.29) is 30.1 Å². The summed E-state index contributed by atoms with van der Waals surface area (Å²) < 4.78 is 14.4. The van der Waals surface area contributed by atoms with Crippen molar-refractivity contribution in [3.8, 4) is 5.75 Å². The summed E-state index contributed by atoms with van der Waals surface area (Å²) in [4.78, 5) is 32.0. The lowest BCUT2D eigenvalue weighted by atomic mass is 9.48. The van der Waals surface area contributed by atoms with Gasteiger partial charge in [0.25, 0.3) is 0 Å². The molecule has 3 heterocycles. The van der Waals surface area contributed by atoms with Crippen LogP contribution in [0, 0.1) is 5.92 Å². The number of halogens is 1. The highest BCUT2D eigenvalue weighted by atomic mass is 79.9. The van der Waals surface area contributed by atoms with Crippen LogP contribution in [-0.2, 0) is 26.2 Å². The lowest BCUT2D eigenvalue weighted by Gasteiger charge is -2.65. The Morgan fingerprint density at radius 1 is 1.34 bits per heavy atom. The van der Waals surface area contributed by atoms with E-state index in [2.05, 4.69) is 59.9 Å². The maximum atomic E-state index is 13.8. The van der Waals surface area contributed by atoms with E-state index in [1.807, 2.05) is 22.4 Å². The van der Waals surface area contributed by atoms with Crippen LogP contribution < -0.4 is 4.74 Å². The Bertz CT molecular complexity index is 1310. The first kappa shape index (κ1) is 26.1. The lowest BCUT2D eigenvalue weighted by molar-refractivity contribution is -0.221. The van der Waals surface area contributed by atoms with Crippen LogP contribution in [0.15, 0.2) is 40.2 Å². The van der Waals surface area contributed by atoms with Gasteiger partial charge in [0.05, 0.1) is 17.5 Å². The van der Waals surface area contributed by atoms with Crippen molar-refractivity contribution in [2.24, 2.45) is 5.92 Å². The third-order valence-corrected chi connectivity index (χ3v) is 10.8. The number of nitrogens with zero attached hydrogens (tertiary/aromatic N) is 2. The molecule has 2 fully saturated rings. The van der Waals surface area contributed by atoms with Crippen molar-refractivity contribution in [3.05, 3.63) is 56.2 Å². The molecule has 2 bridgehead atoms. The standard InChI is InChI=1S/C30H35BrN2O4S/c1-18(2)16-33(26(35)9-8-22-15-21(31)17-38-22)23-10-11-30(37-19(3)34)25-14-20-6-5-7-24-27(20)29(30,28(23)36-24)12-13-32(25)4/h5-9,15,17-18,23,25,28H,10-14,16H2,1-4H3/b9-8+/t23-,25+,28-,29-,30+/m0/s1. The van der Waals surface area contributed by atoms with E-state index in [1.54, 1.807) is 17.4 Å². The molecule has 202 valence electrons. The predicted octanol–water partition coefficient (Wildman–Crippen LogP) is 5.43. The number of carbonyl (C=O) groups excluding carboxylic acids is 2. The van der Waals surface area contributed by atoms with Crippen molar-refractivity contribution in [2.45, 2.75) is 75.7 Å². The first-order valence-corrected chi connectivity index (χ1v) is 15.2. The van der Waals surface area contributed by atoms with Gasteiger partial charge in [0.2, 0.25) is 5.91 Å². The topological polar surface area (TPSA) is 59.1 Å². The third-order valence-electron chi connectivity index (χ3n) is 9.11. The lowest BCUT2D eigenvalue weighted by Crippen LogP contribution is -2.79. The molecule has 4 aliphatic rings. The SMILES string of the molecule is CC(=O)O[C@@]12CC[C@H](N(CC(C)C)C(=O)/C=C/c3cc(Br)cs3)[C@@H]3Oc4cccc5c4[C@@]31CCN(C)[C@@H]2C5. The first-order chi connectivity index (χ1) is 18.2. The van der Waals surface area contributed by atoms with Crippen LogP contribution in [0.4, 0.5) is 0 Å². The van der Waals surface area contributed by atoms with Crippen molar-refractivity contribution < 1.29 is 19.1 Å². The zero-order valence-electron chi connectivity index (χ0n) is 22.4. The number of thiophene rings is 1. The Morgan fingerprint density at radius 3 is 2.87 bits per heavy atom. The van der Waals surface area contributed by atoms with Gasteiger partial charge in [-0.25, -0.2) is 0 Å². The van der Waals surface area contributed by atoms with Gasteiger partial charge in [-0.3, -0.25) is 14.5 Å². The van der Waals surface area contributed by atoms with Gasteiger partial charge in [0, 0.05) is 39.8 Å². The highest BCUT2D eigenvalue weighted by molar-refractivity contribution is 9.10. The average molecular weight is 600 g/mol. The van der Waals surface area contributed by atoms with Crippen molar-refractivity contribution >= 4 is 45.2 Å². The van der Waals surface area contributed by atoms with Gasteiger partial charge in [0.1, 0.15) is 17.5 Å². The number of hydrogen-bond acceptors (Lipinski definition) is 6. The van der Waals surface area contributed by atoms with Crippen molar-refractivity contribution in [3.63, 3.8) is 0 Å². The number of ether oxygens (including phenoxy) is 2. The fraction of sp³-hybridized carbons (Fsp3) is 0.533. The molecule has 1 spiro atoms. The molecule has 0 unspecified atom stereocenters. The molecular weight excluding hydrogens is 564 g/mol. The number of likely N-dealkylation sites (tertiary alicyclic amines) is 1. The first-order valence-electron chi connectivity index (χ1n) is 13.6. The molecule has 2 aliphatic carbocycles. The summed E-state index contributed by atoms with van der Waals surface area (Å²) in [7, 11) is 2.15. The summed E-state index contributed by atoms with van der Waals surface area (Å²) in [5.41, 5.74) is 1.37. The molecular formula is C30H35BrN2O4S. The molecule has 1 amide bonds. The normalized spacial score (nSPS) is 31.3. The van der Waals surface area contributed by atoms with Crippen LogP contribution in [0.5, 0.6) is 5.75 Å². The second-order valence-corrected chi connectivity index (χ2v) is 13.6. The highest BCUT2D eigenvalue weighted by Crippen LogP contribution is 2.65. The van der Waals surface area contributed by atoms with Gasteiger partial charge < -0.3 is 14.4 Å².